The Balaban J connectivity index is 2.83. The molecule has 4 heteroatoms. The van der Waals surface area contributed by atoms with Crippen molar-refractivity contribution in [1.29, 1.82) is 0 Å². The molecule has 1 aromatic carbocycles. The van der Waals surface area contributed by atoms with E-state index in [9.17, 15) is 4.79 Å². The highest BCUT2D eigenvalue weighted by atomic mass is 16.5. The van der Waals surface area contributed by atoms with Crippen LogP contribution >= 0.6 is 0 Å². The van der Waals surface area contributed by atoms with E-state index in [1.807, 2.05) is 45.9 Å². The summed E-state index contributed by atoms with van der Waals surface area (Å²) in [5, 5.41) is 0. The fourth-order valence-electron chi connectivity index (χ4n) is 1.67. The molecule has 0 amide bonds. The van der Waals surface area contributed by atoms with E-state index in [1.54, 1.807) is 6.08 Å². The van der Waals surface area contributed by atoms with Crippen molar-refractivity contribution in [2.24, 2.45) is 0 Å². The first-order valence-corrected chi connectivity index (χ1v) is 7.39. The second kappa shape index (κ2) is 9.06. The van der Waals surface area contributed by atoms with Gasteiger partial charge in [-0.05, 0) is 45.4 Å². The lowest BCUT2D eigenvalue weighted by molar-refractivity contribution is -0.142. The number of carbonyl (C=O) groups excluding carboxylic acids is 1. The molecule has 0 saturated heterocycles. The first kappa shape index (κ1) is 17.1. The van der Waals surface area contributed by atoms with Gasteiger partial charge in [0, 0.05) is 17.7 Å². The molecule has 0 fully saturated rings. The van der Waals surface area contributed by atoms with Gasteiger partial charge in [0.05, 0.1) is 19.3 Å². The highest BCUT2D eigenvalue weighted by molar-refractivity contribution is 5.87. The SMILES string of the molecule is CCOc1ccc(C=CC(=O)OC(C)CC)c(OCC)c1. The number of hydrogen-bond acceptors (Lipinski definition) is 4. The maximum absolute atomic E-state index is 11.6. The van der Waals surface area contributed by atoms with Gasteiger partial charge in [-0.3, -0.25) is 0 Å². The van der Waals surface area contributed by atoms with Crippen LogP contribution in [-0.4, -0.2) is 25.3 Å². The molecular weight excluding hydrogens is 268 g/mol. The first-order chi connectivity index (χ1) is 10.1. The maximum atomic E-state index is 11.6. The van der Waals surface area contributed by atoms with E-state index >= 15 is 0 Å². The molecule has 0 heterocycles. The minimum Gasteiger partial charge on any atom is -0.494 e. The zero-order chi connectivity index (χ0) is 15.7. The lowest BCUT2D eigenvalue weighted by Crippen LogP contribution is -2.11. The zero-order valence-electron chi connectivity index (χ0n) is 13.2. The summed E-state index contributed by atoms with van der Waals surface area (Å²) in [6.45, 7) is 8.84. The van der Waals surface area contributed by atoms with Gasteiger partial charge in [-0.25, -0.2) is 4.79 Å². The number of esters is 1. The second-order valence-electron chi connectivity index (χ2n) is 4.55. The summed E-state index contributed by atoms with van der Waals surface area (Å²) in [6, 6.07) is 5.54. The quantitative estimate of drug-likeness (QED) is 0.539. The predicted octanol–water partition coefficient (Wildman–Crippen LogP) is 3.84. The number of hydrogen-bond donors (Lipinski definition) is 0. The molecule has 0 aliphatic carbocycles. The minimum absolute atomic E-state index is 0.0751. The predicted molar refractivity (Wildman–Crippen MR) is 83.7 cm³/mol. The fourth-order valence-corrected chi connectivity index (χ4v) is 1.67. The molecule has 1 atom stereocenters. The molecule has 0 N–H and O–H groups in total. The Bertz CT molecular complexity index is 480. The van der Waals surface area contributed by atoms with Crippen molar-refractivity contribution in [2.75, 3.05) is 13.2 Å². The fraction of sp³-hybridized carbons (Fsp3) is 0.471. The number of carbonyl (C=O) groups is 1. The van der Waals surface area contributed by atoms with E-state index < -0.39 is 0 Å². The highest BCUT2D eigenvalue weighted by Gasteiger charge is 2.06. The topological polar surface area (TPSA) is 44.8 Å². The van der Waals surface area contributed by atoms with Crippen LogP contribution in [0.3, 0.4) is 0 Å². The molecular formula is C17H24O4. The highest BCUT2D eigenvalue weighted by Crippen LogP contribution is 2.26. The Labute approximate surface area is 126 Å². The van der Waals surface area contributed by atoms with Crippen LogP contribution in [0.1, 0.15) is 39.7 Å². The zero-order valence-corrected chi connectivity index (χ0v) is 13.2. The van der Waals surface area contributed by atoms with Gasteiger partial charge in [0.25, 0.3) is 0 Å². The van der Waals surface area contributed by atoms with E-state index in [0.717, 1.165) is 17.7 Å². The van der Waals surface area contributed by atoms with Crippen LogP contribution in [0, 0.1) is 0 Å². The van der Waals surface area contributed by atoms with Crippen LogP contribution in [0.5, 0.6) is 11.5 Å². The summed E-state index contributed by atoms with van der Waals surface area (Å²) in [5.74, 6) is 1.09. The van der Waals surface area contributed by atoms with Crippen molar-refractivity contribution >= 4 is 12.0 Å². The molecule has 1 unspecified atom stereocenters. The van der Waals surface area contributed by atoms with Crippen LogP contribution in [0.2, 0.25) is 0 Å². The summed E-state index contributed by atoms with van der Waals surface area (Å²) in [4.78, 5) is 11.6. The molecule has 0 spiro atoms. The lowest BCUT2D eigenvalue weighted by Gasteiger charge is -2.11. The molecule has 1 rings (SSSR count). The van der Waals surface area contributed by atoms with E-state index in [0.29, 0.717) is 19.0 Å². The van der Waals surface area contributed by atoms with Crippen LogP contribution in [0.4, 0.5) is 0 Å². The third kappa shape index (κ3) is 5.90. The van der Waals surface area contributed by atoms with E-state index in [2.05, 4.69) is 0 Å². The van der Waals surface area contributed by atoms with Crippen molar-refractivity contribution in [3.8, 4) is 11.5 Å². The van der Waals surface area contributed by atoms with Gasteiger partial charge in [-0.15, -0.1) is 0 Å². The van der Waals surface area contributed by atoms with Crippen molar-refractivity contribution in [3.63, 3.8) is 0 Å². The van der Waals surface area contributed by atoms with Crippen LogP contribution in [0.15, 0.2) is 24.3 Å². The van der Waals surface area contributed by atoms with Gasteiger partial charge in [0.15, 0.2) is 0 Å². The van der Waals surface area contributed by atoms with Crippen molar-refractivity contribution in [1.82, 2.24) is 0 Å². The molecule has 0 aromatic heterocycles. The van der Waals surface area contributed by atoms with Gasteiger partial charge >= 0.3 is 5.97 Å². The van der Waals surface area contributed by atoms with Crippen molar-refractivity contribution in [3.05, 3.63) is 29.8 Å². The van der Waals surface area contributed by atoms with Crippen molar-refractivity contribution in [2.45, 2.75) is 40.2 Å². The Kier molecular flexibility index (Phi) is 7.37. The standard InChI is InChI=1S/C17H24O4/c1-5-13(4)21-17(18)11-9-14-8-10-15(19-6-2)12-16(14)20-7-3/h8-13H,5-7H2,1-4H3. The van der Waals surface area contributed by atoms with Crippen LogP contribution < -0.4 is 9.47 Å². The molecule has 0 saturated carbocycles. The van der Waals surface area contributed by atoms with E-state index in [-0.39, 0.29) is 12.1 Å². The Morgan fingerprint density at radius 2 is 1.90 bits per heavy atom. The van der Waals surface area contributed by atoms with Gasteiger partial charge in [-0.1, -0.05) is 6.92 Å². The van der Waals surface area contributed by atoms with E-state index in [1.165, 1.54) is 6.08 Å². The normalized spacial score (nSPS) is 12.2. The average molecular weight is 292 g/mol. The Morgan fingerprint density at radius 3 is 2.52 bits per heavy atom. The van der Waals surface area contributed by atoms with Crippen LogP contribution in [0.25, 0.3) is 6.08 Å². The largest absolute Gasteiger partial charge is 0.494 e. The average Bonchev–Trinajstić information content (AvgIpc) is 2.47. The van der Waals surface area contributed by atoms with Crippen LogP contribution in [-0.2, 0) is 9.53 Å². The molecule has 0 radical (unpaired) electrons. The molecule has 0 aliphatic rings. The summed E-state index contributed by atoms with van der Waals surface area (Å²) >= 11 is 0. The second-order valence-corrected chi connectivity index (χ2v) is 4.55. The number of ether oxygens (including phenoxy) is 3. The minimum atomic E-state index is -0.347. The number of rotatable bonds is 8. The van der Waals surface area contributed by atoms with Gasteiger partial charge in [0.2, 0.25) is 0 Å². The summed E-state index contributed by atoms with van der Waals surface area (Å²) in [5.41, 5.74) is 0.821. The monoisotopic (exact) mass is 292 g/mol. The molecule has 4 nitrogen and oxygen atoms in total. The summed E-state index contributed by atoms with van der Waals surface area (Å²) in [7, 11) is 0. The van der Waals surface area contributed by atoms with Crippen molar-refractivity contribution < 1.29 is 19.0 Å². The molecule has 0 bridgehead atoms. The smallest absolute Gasteiger partial charge is 0.331 e. The maximum Gasteiger partial charge on any atom is 0.331 e. The summed E-state index contributed by atoms with van der Waals surface area (Å²) < 4.78 is 16.2. The third-order valence-corrected chi connectivity index (χ3v) is 2.89. The van der Waals surface area contributed by atoms with Gasteiger partial charge in [0.1, 0.15) is 11.5 Å². The third-order valence-electron chi connectivity index (χ3n) is 2.89. The Morgan fingerprint density at radius 1 is 1.19 bits per heavy atom. The first-order valence-electron chi connectivity index (χ1n) is 7.39. The van der Waals surface area contributed by atoms with Gasteiger partial charge < -0.3 is 14.2 Å². The molecule has 0 aliphatic heterocycles. The van der Waals surface area contributed by atoms with Gasteiger partial charge in [-0.2, -0.15) is 0 Å². The van der Waals surface area contributed by atoms with E-state index in [4.69, 9.17) is 14.2 Å². The number of benzene rings is 1. The summed E-state index contributed by atoms with van der Waals surface area (Å²) in [6.07, 6.45) is 3.84. The molecule has 21 heavy (non-hydrogen) atoms. The Hall–Kier alpha value is -1.97. The lowest BCUT2D eigenvalue weighted by atomic mass is 10.1. The molecule has 116 valence electrons. The molecule has 1 aromatic rings.